The lowest BCUT2D eigenvalue weighted by atomic mass is 10.0. The zero-order valence-corrected chi connectivity index (χ0v) is 49.6. The van der Waals surface area contributed by atoms with E-state index in [1.165, 1.54) is 334 Å². The van der Waals surface area contributed by atoms with Gasteiger partial charge in [-0.15, -0.1) is 0 Å². The Labute approximate surface area is 449 Å². The standard InChI is InChI=1S/C64H132B2O5/c1-5-9-13-17-21-25-29-33-37-41-45-49-53-57-61-67-65(68-62-58-54-50-46-42-38-34-30-26-22-18-14-10-6-2)71-66(69-63-59-55-51-47-43-39-35-31-27-23-19-15-11-7-3)70-64-60-56-52-48-44-40-36-32-28-24-20-16-12-8-4/h5-64H2,1-4H3. The molecule has 0 unspecified atom stereocenters. The number of unbranched alkanes of at least 4 members (excludes halogenated alkanes) is 52. The lowest BCUT2D eigenvalue weighted by molar-refractivity contribution is 0.0795. The van der Waals surface area contributed by atoms with Crippen LogP contribution in [0.25, 0.3) is 0 Å². The van der Waals surface area contributed by atoms with Gasteiger partial charge in [-0.1, -0.05) is 362 Å². The van der Waals surface area contributed by atoms with Crippen LogP contribution in [0, 0.1) is 0 Å². The maximum absolute atomic E-state index is 6.44. The highest BCUT2D eigenvalue weighted by molar-refractivity contribution is 6.51. The lowest BCUT2D eigenvalue weighted by Gasteiger charge is -2.20. The van der Waals surface area contributed by atoms with Crippen LogP contribution in [0.3, 0.4) is 0 Å². The molecular weight excluding hydrogens is 870 g/mol. The van der Waals surface area contributed by atoms with E-state index in [-0.39, 0.29) is 0 Å². The molecule has 0 bridgehead atoms. The first-order chi connectivity index (χ1) is 35.3. The molecule has 0 aromatic rings. The first-order valence-corrected chi connectivity index (χ1v) is 33.4. The SMILES string of the molecule is CCCCCCCCCCCCCCCCOB(OCCCCCCCCCCCCCCCC)OB(OCCCCCCCCCCCCCCCC)OCCCCCCCCCCCCCCCC. The van der Waals surface area contributed by atoms with E-state index in [4.69, 9.17) is 23.2 Å². The molecule has 0 aliphatic rings. The maximum Gasteiger partial charge on any atom is 0.627 e. The van der Waals surface area contributed by atoms with Crippen molar-refractivity contribution in [1.29, 1.82) is 0 Å². The van der Waals surface area contributed by atoms with E-state index in [2.05, 4.69) is 27.7 Å². The van der Waals surface area contributed by atoms with Gasteiger partial charge in [-0.05, 0) is 25.7 Å². The summed E-state index contributed by atoms with van der Waals surface area (Å²) in [4.78, 5) is 0. The third kappa shape index (κ3) is 62.4. The zero-order chi connectivity index (χ0) is 51.1. The average molecular weight is 1000 g/mol. The summed E-state index contributed by atoms with van der Waals surface area (Å²) in [6.45, 7) is 11.9. The van der Waals surface area contributed by atoms with Gasteiger partial charge in [-0.2, -0.15) is 0 Å². The molecule has 0 amide bonds. The van der Waals surface area contributed by atoms with Gasteiger partial charge in [0.2, 0.25) is 0 Å². The largest absolute Gasteiger partial charge is 0.627 e. The third-order valence-corrected chi connectivity index (χ3v) is 15.2. The van der Waals surface area contributed by atoms with Crippen molar-refractivity contribution in [3.05, 3.63) is 0 Å². The Kier molecular flexibility index (Phi) is 66.0. The molecule has 0 fully saturated rings. The molecule has 0 N–H and O–H groups in total. The van der Waals surface area contributed by atoms with Gasteiger partial charge in [0.05, 0.1) is 0 Å². The van der Waals surface area contributed by atoms with E-state index in [0.29, 0.717) is 26.4 Å². The van der Waals surface area contributed by atoms with Gasteiger partial charge in [-0.25, -0.2) is 0 Å². The van der Waals surface area contributed by atoms with Crippen LogP contribution < -0.4 is 0 Å². The fourth-order valence-electron chi connectivity index (χ4n) is 10.2. The maximum atomic E-state index is 6.44. The highest BCUT2D eigenvalue weighted by Crippen LogP contribution is 2.18. The molecule has 0 aromatic heterocycles. The number of hydrogen-bond donors (Lipinski definition) is 0. The van der Waals surface area contributed by atoms with Crippen LogP contribution in [0.4, 0.5) is 0 Å². The quantitative estimate of drug-likeness (QED) is 0.0449. The lowest BCUT2D eigenvalue weighted by Crippen LogP contribution is -2.39. The van der Waals surface area contributed by atoms with Gasteiger partial charge < -0.3 is 23.2 Å². The number of hydrogen-bond acceptors (Lipinski definition) is 5. The predicted octanol–water partition coefficient (Wildman–Crippen LogP) is 23.0. The molecule has 0 saturated carbocycles. The summed E-state index contributed by atoms with van der Waals surface area (Å²) in [5.74, 6) is 0. The minimum Gasteiger partial charge on any atom is -0.399 e. The van der Waals surface area contributed by atoms with E-state index >= 15 is 0 Å². The molecule has 0 aromatic carbocycles. The van der Waals surface area contributed by atoms with Crippen molar-refractivity contribution in [2.45, 2.75) is 387 Å². The van der Waals surface area contributed by atoms with Crippen molar-refractivity contribution in [3.63, 3.8) is 0 Å². The molecule has 0 spiro atoms. The molecule has 0 aliphatic heterocycles. The average Bonchev–Trinajstić information content (AvgIpc) is 3.38. The minimum atomic E-state index is -0.739. The van der Waals surface area contributed by atoms with E-state index < -0.39 is 14.6 Å². The molecule has 0 saturated heterocycles. The number of rotatable bonds is 66. The van der Waals surface area contributed by atoms with Gasteiger partial charge >= 0.3 is 14.6 Å². The fraction of sp³-hybridized carbons (Fsp3) is 1.00. The van der Waals surface area contributed by atoms with E-state index in [0.717, 1.165) is 25.7 Å². The van der Waals surface area contributed by atoms with Gasteiger partial charge in [0, 0.05) is 26.4 Å². The van der Waals surface area contributed by atoms with Gasteiger partial charge in [0.15, 0.2) is 0 Å². The smallest absolute Gasteiger partial charge is 0.399 e. The summed E-state index contributed by atoms with van der Waals surface area (Å²) in [5, 5.41) is 0. The normalized spacial score (nSPS) is 11.7. The van der Waals surface area contributed by atoms with Gasteiger partial charge in [-0.3, -0.25) is 0 Å². The van der Waals surface area contributed by atoms with Crippen molar-refractivity contribution >= 4 is 14.6 Å². The van der Waals surface area contributed by atoms with Crippen LogP contribution >= 0.6 is 0 Å². The third-order valence-electron chi connectivity index (χ3n) is 15.2. The van der Waals surface area contributed by atoms with Crippen molar-refractivity contribution in [3.8, 4) is 0 Å². The van der Waals surface area contributed by atoms with Crippen LogP contribution in [0.15, 0.2) is 0 Å². The monoisotopic (exact) mass is 1000 g/mol. The summed E-state index contributed by atoms with van der Waals surface area (Å²) in [5.41, 5.74) is 0. The van der Waals surface area contributed by atoms with Crippen LogP contribution in [0.2, 0.25) is 0 Å². The van der Waals surface area contributed by atoms with Crippen molar-refractivity contribution in [2.24, 2.45) is 0 Å². The summed E-state index contributed by atoms with van der Waals surface area (Å²) >= 11 is 0. The topological polar surface area (TPSA) is 46.2 Å². The molecule has 0 atom stereocenters. The van der Waals surface area contributed by atoms with Gasteiger partial charge in [0.1, 0.15) is 0 Å². The Morgan fingerprint density at radius 3 is 0.394 bits per heavy atom. The van der Waals surface area contributed by atoms with Crippen molar-refractivity contribution < 1.29 is 23.2 Å². The van der Waals surface area contributed by atoms with E-state index in [1.807, 2.05) is 0 Å². The first kappa shape index (κ1) is 70.9. The molecule has 424 valence electrons. The highest BCUT2D eigenvalue weighted by atomic mass is 16.8. The Hall–Kier alpha value is -0.0701. The molecule has 0 rings (SSSR count). The van der Waals surface area contributed by atoms with Crippen LogP contribution in [-0.2, 0) is 23.2 Å². The summed E-state index contributed by atoms with van der Waals surface area (Å²) < 4.78 is 31.8. The Bertz CT molecular complexity index is 774. The molecule has 0 radical (unpaired) electrons. The molecule has 71 heavy (non-hydrogen) atoms. The zero-order valence-electron chi connectivity index (χ0n) is 49.6. The Balaban J connectivity index is 4.86. The molecule has 7 heteroatoms. The second-order valence-corrected chi connectivity index (χ2v) is 22.6. The Morgan fingerprint density at radius 1 is 0.155 bits per heavy atom. The molecule has 0 aliphatic carbocycles. The minimum absolute atomic E-state index is 0.659. The second-order valence-electron chi connectivity index (χ2n) is 22.6. The predicted molar refractivity (Wildman–Crippen MR) is 318 cm³/mol. The summed E-state index contributed by atoms with van der Waals surface area (Å²) in [7, 11) is -1.48. The Morgan fingerprint density at radius 2 is 0.268 bits per heavy atom. The van der Waals surface area contributed by atoms with Crippen LogP contribution in [0.5, 0.6) is 0 Å². The van der Waals surface area contributed by atoms with E-state index in [9.17, 15) is 0 Å². The summed E-state index contributed by atoms with van der Waals surface area (Å²) in [6.07, 6.45) is 75.9. The first-order valence-electron chi connectivity index (χ1n) is 33.4. The highest BCUT2D eigenvalue weighted by Gasteiger charge is 2.32. The molecular formula is C64H132B2O5. The van der Waals surface area contributed by atoms with E-state index in [1.54, 1.807) is 0 Å². The molecule has 5 nitrogen and oxygen atoms in total. The second kappa shape index (κ2) is 66.0. The van der Waals surface area contributed by atoms with Crippen molar-refractivity contribution in [2.75, 3.05) is 26.4 Å². The summed E-state index contributed by atoms with van der Waals surface area (Å²) in [6, 6.07) is 0. The molecule has 0 heterocycles. The van der Waals surface area contributed by atoms with Crippen LogP contribution in [0.1, 0.15) is 387 Å². The van der Waals surface area contributed by atoms with Crippen molar-refractivity contribution in [1.82, 2.24) is 0 Å². The fourth-order valence-corrected chi connectivity index (χ4v) is 10.2. The van der Waals surface area contributed by atoms with Gasteiger partial charge in [0.25, 0.3) is 0 Å². The van der Waals surface area contributed by atoms with Crippen LogP contribution in [-0.4, -0.2) is 41.1 Å².